The van der Waals surface area contributed by atoms with E-state index in [-0.39, 0.29) is 11.8 Å². The molecule has 0 amide bonds. The lowest BCUT2D eigenvalue weighted by molar-refractivity contribution is 0.401. The van der Waals surface area contributed by atoms with Gasteiger partial charge in [-0.25, -0.2) is 0 Å². The van der Waals surface area contributed by atoms with Crippen molar-refractivity contribution >= 4 is 21.4 Å². The Balaban J connectivity index is 1.63. The molecule has 0 saturated carbocycles. The predicted molar refractivity (Wildman–Crippen MR) is 114 cm³/mol. The molecule has 1 aliphatic rings. The normalized spacial score (nSPS) is 15.5. The maximum absolute atomic E-state index is 9.80. The molecule has 5 rings (SSSR count). The van der Waals surface area contributed by atoms with Gasteiger partial charge in [0.2, 0.25) is 5.88 Å². The molecule has 0 bridgehead atoms. The molecule has 1 unspecified atom stereocenters. The number of hydrogen-bond acceptors (Lipinski definition) is 5. The molecule has 1 aromatic heterocycles. The zero-order valence-electron chi connectivity index (χ0n) is 15.3. The molecule has 0 spiro atoms. The van der Waals surface area contributed by atoms with E-state index in [4.69, 9.17) is 15.2 Å². The van der Waals surface area contributed by atoms with Gasteiger partial charge >= 0.3 is 0 Å². The first-order valence-corrected chi connectivity index (χ1v) is 9.98. The Morgan fingerprint density at radius 3 is 2.52 bits per heavy atom. The first-order valence-electron chi connectivity index (χ1n) is 9.16. The van der Waals surface area contributed by atoms with Crippen LogP contribution in [-0.2, 0) is 0 Å². The number of para-hydroxylation sites is 1. The van der Waals surface area contributed by atoms with E-state index in [2.05, 4.69) is 12.1 Å². The molecule has 2 heterocycles. The van der Waals surface area contributed by atoms with Crippen molar-refractivity contribution in [1.82, 2.24) is 0 Å². The molecular formula is C24H16N2O2S. The van der Waals surface area contributed by atoms with Crippen LogP contribution in [0.1, 0.15) is 16.4 Å². The number of nitriles is 1. The summed E-state index contributed by atoms with van der Waals surface area (Å²) in [6.07, 6.45) is 0. The van der Waals surface area contributed by atoms with Gasteiger partial charge in [-0.1, -0.05) is 42.5 Å². The summed E-state index contributed by atoms with van der Waals surface area (Å²) in [5, 5.41) is 10.8. The second-order valence-electron chi connectivity index (χ2n) is 6.70. The molecule has 0 fully saturated rings. The van der Waals surface area contributed by atoms with Crippen molar-refractivity contribution in [3.8, 4) is 23.3 Å². The SMILES string of the molecule is N#CC1=C(N)Oc2c(sc3ccccc23)C1c1cccc(Oc2ccccc2)c1. The van der Waals surface area contributed by atoms with Crippen LogP contribution < -0.4 is 15.2 Å². The average molecular weight is 396 g/mol. The van der Waals surface area contributed by atoms with E-state index in [0.717, 1.165) is 32.0 Å². The van der Waals surface area contributed by atoms with Crippen LogP contribution in [0.25, 0.3) is 10.1 Å². The summed E-state index contributed by atoms with van der Waals surface area (Å²) in [7, 11) is 0. The van der Waals surface area contributed by atoms with E-state index in [0.29, 0.717) is 11.3 Å². The van der Waals surface area contributed by atoms with Crippen molar-refractivity contribution in [2.45, 2.75) is 5.92 Å². The van der Waals surface area contributed by atoms with Crippen LogP contribution in [0.5, 0.6) is 17.2 Å². The molecule has 1 atom stereocenters. The van der Waals surface area contributed by atoms with Crippen LogP contribution in [0.3, 0.4) is 0 Å². The van der Waals surface area contributed by atoms with Crippen LogP contribution in [0.4, 0.5) is 0 Å². The molecule has 0 saturated heterocycles. The maximum Gasteiger partial charge on any atom is 0.205 e. The van der Waals surface area contributed by atoms with E-state index in [1.165, 1.54) is 0 Å². The first-order chi connectivity index (χ1) is 14.2. The lowest BCUT2D eigenvalue weighted by Crippen LogP contribution is -2.19. The smallest absolute Gasteiger partial charge is 0.205 e. The molecule has 5 heteroatoms. The zero-order chi connectivity index (χ0) is 19.8. The highest BCUT2D eigenvalue weighted by molar-refractivity contribution is 7.19. The summed E-state index contributed by atoms with van der Waals surface area (Å²) in [5.41, 5.74) is 7.51. The minimum atomic E-state index is -0.291. The highest BCUT2D eigenvalue weighted by Crippen LogP contribution is 2.50. The number of nitrogens with two attached hydrogens (primary N) is 1. The van der Waals surface area contributed by atoms with Gasteiger partial charge in [0, 0.05) is 10.1 Å². The standard InChI is InChI=1S/C24H16N2O2S/c25-14-19-21(15-7-6-10-17(13-15)27-16-8-2-1-3-9-16)23-22(28-24(19)26)18-11-4-5-12-20(18)29-23/h1-13,21H,26H2. The summed E-state index contributed by atoms with van der Waals surface area (Å²) in [6.45, 7) is 0. The molecule has 0 aliphatic carbocycles. The van der Waals surface area contributed by atoms with Crippen molar-refractivity contribution in [1.29, 1.82) is 5.26 Å². The van der Waals surface area contributed by atoms with Gasteiger partial charge in [0.05, 0.1) is 10.8 Å². The number of fused-ring (bicyclic) bond motifs is 3. The second-order valence-corrected chi connectivity index (χ2v) is 7.79. The number of allylic oxidation sites excluding steroid dienone is 1. The average Bonchev–Trinajstić information content (AvgIpc) is 3.12. The lowest BCUT2D eigenvalue weighted by atomic mass is 9.88. The Morgan fingerprint density at radius 2 is 1.69 bits per heavy atom. The molecular weight excluding hydrogens is 380 g/mol. The Kier molecular flexibility index (Phi) is 4.19. The molecule has 2 N–H and O–H groups in total. The second kappa shape index (κ2) is 7.01. The monoisotopic (exact) mass is 396 g/mol. The summed E-state index contributed by atoms with van der Waals surface area (Å²) in [4.78, 5) is 0.980. The van der Waals surface area contributed by atoms with E-state index >= 15 is 0 Å². The fourth-order valence-electron chi connectivity index (χ4n) is 3.59. The molecule has 0 radical (unpaired) electrons. The molecule has 140 valence electrons. The van der Waals surface area contributed by atoms with E-state index < -0.39 is 0 Å². The first kappa shape index (κ1) is 17.4. The third-order valence-electron chi connectivity index (χ3n) is 4.89. The van der Waals surface area contributed by atoms with Crippen molar-refractivity contribution in [2.75, 3.05) is 0 Å². The predicted octanol–water partition coefficient (Wildman–Crippen LogP) is 5.91. The number of thiophene rings is 1. The molecule has 29 heavy (non-hydrogen) atoms. The van der Waals surface area contributed by atoms with Crippen molar-refractivity contribution in [3.63, 3.8) is 0 Å². The molecule has 4 nitrogen and oxygen atoms in total. The van der Waals surface area contributed by atoms with Crippen molar-refractivity contribution in [3.05, 3.63) is 101 Å². The number of ether oxygens (including phenoxy) is 2. The summed E-state index contributed by atoms with van der Waals surface area (Å²) >= 11 is 1.63. The topological polar surface area (TPSA) is 68.3 Å². The minimum Gasteiger partial charge on any atom is -0.457 e. The lowest BCUT2D eigenvalue weighted by Gasteiger charge is -2.24. The van der Waals surface area contributed by atoms with Crippen molar-refractivity contribution < 1.29 is 9.47 Å². The van der Waals surface area contributed by atoms with Gasteiger partial charge in [-0.15, -0.1) is 11.3 Å². The Hall–Kier alpha value is -3.75. The highest BCUT2D eigenvalue weighted by atomic mass is 32.1. The number of nitrogens with zero attached hydrogens (tertiary/aromatic N) is 1. The van der Waals surface area contributed by atoms with Crippen LogP contribution >= 0.6 is 11.3 Å². The van der Waals surface area contributed by atoms with Gasteiger partial charge in [0.15, 0.2) is 5.75 Å². The third kappa shape index (κ3) is 3.00. The van der Waals surface area contributed by atoms with Crippen LogP contribution in [0.15, 0.2) is 90.3 Å². The molecule has 4 aromatic rings. The fourth-order valence-corrected chi connectivity index (χ4v) is 4.86. The number of benzene rings is 3. The minimum absolute atomic E-state index is 0.155. The molecule has 1 aliphatic heterocycles. The van der Waals surface area contributed by atoms with E-state index in [9.17, 15) is 5.26 Å². The van der Waals surface area contributed by atoms with Crippen LogP contribution in [-0.4, -0.2) is 0 Å². The Bertz CT molecular complexity index is 1290. The van der Waals surface area contributed by atoms with Gasteiger partial charge < -0.3 is 15.2 Å². The van der Waals surface area contributed by atoms with Gasteiger partial charge in [0.1, 0.15) is 23.1 Å². The van der Waals surface area contributed by atoms with E-state index in [1.807, 2.05) is 72.8 Å². The zero-order valence-corrected chi connectivity index (χ0v) is 16.1. The number of hydrogen-bond donors (Lipinski definition) is 1. The highest BCUT2D eigenvalue weighted by Gasteiger charge is 2.33. The largest absolute Gasteiger partial charge is 0.457 e. The quantitative estimate of drug-likeness (QED) is 0.467. The van der Waals surface area contributed by atoms with Gasteiger partial charge in [-0.3, -0.25) is 0 Å². The maximum atomic E-state index is 9.80. The summed E-state index contributed by atoms with van der Waals surface area (Å²) in [6, 6.07) is 27.7. The van der Waals surface area contributed by atoms with Crippen molar-refractivity contribution in [2.24, 2.45) is 5.73 Å². The summed E-state index contributed by atoms with van der Waals surface area (Å²) in [5.74, 6) is 2.07. The number of rotatable bonds is 3. The van der Waals surface area contributed by atoms with Crippen LogP contribution in [0.2, 0.25) is 0 Å². The van der Waals surface area contributed by atoms with Gasteiger partial charge in [-0.05, 0) is 42.0 Å². The van der Waals surface area contributed by atoms with Crippen LogP contribution in [0, 0.1) is 11.3 Å². The van der Waals surface area contributed by atoms with E-state index in [1.54, 1.807) is 11.3 Å². The summed E-state index contributed by atoms with van der Waals surface area (Å²) < 4.78 is 13.0. The van der Waals surface area contributed by atoms with Gasteiger partial charge in [-0.2, -0.15) is 5.26 Å². The van der Waals surface area contributed by atoms with Gasteiger partial charge in [0.25, 0.3) is 0 Å². The fraction of sp³-hybridized carbons (Fsp3) is 0.0417. The third-order valence-corrected chi connectivity index (χ3v) is 6.11. The molecule has 3 aromatic carbocycles. The Labute approximate surface area is 172 Å². The Morgan fingerprint density at radius 1 is 0.931 bits per heavy atom.